The molecule has 0 spiro atoms. The Bertz CT molecular complexity index is 594. The van der Waals surface area contributed by atoms with Gasteiger partial charge in [-0.2, -0.15) is 0 Å². The minimum atomic E-state index is 0.489. The molecule has 1 aliphatic carbocycles. The van der Waals surface area contributed by atoms with Crippen molar-refractivity contribution in [1.29, 1.82) is 0 Å². The quantitative estimate of drug-likeness (QED) is 0.616. The molecule has 0 radical (unpaired) electrons. The number of fused-ring (bicyclic) bond motifs is 1. The molecule has 0 bridgehead atoms. The highest BCUT2D eigenvalue weighted by Gasteiger charge is 2.11. The van der Waals surface area contributed by atoms with E-state index >= 15 is 0 Å². The molecule has 0 nitrogen and oxygen atoms in total. The van der Waals surface area contributed by atoms with Crippen molar-refractivity contribution in [3.63, 3.8) is 0 Å². The molecule has 0 atom stereocenters. The van der Waals surface area contributed by atoms with Gasteiger partial charge in [0.25, 0.3) is 0 Å². The van der Waals surface area contributed by atoms with Crippen LogP contribution in [0.4, 0.5) is 0 Å². The molecule has 0 N–H and O–H groups in total. The lowest BCUT2D eigenvalue weighted by molar-refractivity contribution is 0.795. The lowest BCUT2D eigenvalue weighted by atomic mass is 9.88. The van der Waals surface area contributed by atoms with Crippen molar-refractivity contribution >= 4 is 6.08 Å². The molecule has 0 fully saturated rings. The number of allylic oxidation sites excluding steroid dienone is 5. The molecule has 1 aliphatic rings. The number of hydrogen-bond acceptors (Lipinski definition) is 0. The Balaban J connectivity index is 2.16. The van der Waals surface area contributed by atoms with Gasteiger partial charge in [0.15, 0.2) is 0 Å². The van der Waals surface area contributed by atoms with Gasteiger partial charge in [-0.3, -0.25) is 0 Å². The maximum Gasteiger partial charge on any atom is -0.0221 e. The Morgan fingerprint density at radius 3 is 2.60 bits per heavy atom. The molecule has 0 amide bonds. The van der Waals surface area contributed by atoms with Gasteiger partial charge in [-0.25, -0.2) is 0 Å². The van der Waals surface area contributed by atoms with E-state index in [2.05, 4.69) is 70.4 Å². The maximum absolute atomic E-state index is 4.20. The molecule has 0 heteroatoms. The minimum absolute atomic E-state index is 0.489. The molecule has 0 unspecified atom stereocenters. The summed E-state index contributed by atoms with van der Waals surface area (Å²) in [5.41, 5.74) is 7.74. The summed E-state index contributed by atoms with van der Waals surface area (Å²) < 4.78 is 0. The van der Waals surface area contributed by atoms with Crippen molar-refractivity contribution in [2.24, 2.45) is 5.92 Å². The largest absolute Gasteiger partial charge is 0.0956 e. The number of benzene rings is 1. The summed E-state index contributed by atoms with van der Waals surface area (Å²) in [4.78, 5) is 0. The van der Waals surface area contributed by atoms with Crippen LogP contribution >= 0.6 is 0 Å². The predicted octanol–water partition coefficient (Wildman–Crippen LogP) is 5.65. The van der Waals surface area contributed by atoms with Gasteiger partial charge in [0.2, 0.25) is 0 Å². The number of hydrogen-bond donors (Lipinski definition) is 0. The summed E-state index contributed by atoms with van der Waals surface area (Å²) >= 11 is 0. The van der Waals surface area contributed by atoms with E-state index in [1.807, 2.05) is 0 Å². The molecular formula is C20H24. The van der Waals surface area contributed by atoms with Crippen molar-refractivity contribution in [3.8, 4) is 0 Å². The van der Waals surface area contributed by atoms with Crippen molar-refractivity contribution in [2.75, 3.05) is 0 Å². The van der Waals surface area contributed by atoms with Crippen LogP contribution in [0.3, 0.4) is 0 Å². The standard InChI is InChI=1S/C20H24/c1-14(2)16(4)7-8-17(5)18-10-11-19-12-15(3)6-9-20(19)13-18/h6-9,12-14H,4-5,10-11H2,1-3H3/b8-7-. The summed E-state index contributed by atoms with van der Waals surface area (Å²) in [7, 11) is 0. The predicted molar refractivity (Wildman–Crippen MR) is 89.7 cm³/mol. The fourth-order valence-corrected chi connectivity index (χ4v) is 2.38. The molecule has 1 aromatic rings. The summed E-state index contributed by atoms with van der Waals surface area (Å²) in [6.45, 7) is 14.7. The van der Waals surface area contributed by atoms with Crippen LogP contribution < -0.4 is 0 Å². The van der Waals surface area contributed by atoms with Crippen LogP contribution in [0.25, 0.3) is 6.08 Å². The molecule has 0 saturated heterocycles. The highest BCUT2D eigenvalue weighted by atomic mass is 14.2. The Hall–Kier alpha value is -1.82. The van der Waals surface area contributed by atoms with E-state index in [4.69, 9.17) is 0 Å². The van der Waals surface area contributed by atoms with Gasteiger partial charge in [0, 0.05) is 0 Å². The summed E-state index contributed by atoms with van der Waals surface area (Å²) in [6.07, 6.45) is 8.67. The van der Waals surface area contributed by atoms with Crippen LogP contribution in [0.2, 0.25) is 0 Å². The maximum atomic E-state index is 4.20. The first-order valence-electron chi connectivity index (χ1n) is 7.33. The molecule has 20 heavy (non-hydrogen) atoms. The van der Waals surface area contributed by atoms with Crippen molar-refractivity contribution < 1.29 is 0 Å². The Kier molecular flexibility index (Phi) is 4.44. The Labute approximate surface area is 123 Å². The van der Waals surface area contributed by atoms with Crippen LogP contribution in [0.15, 0.2) is 60.2 Å². The van der Waals surface area contributed by atoms with Gasteiger partial charge in [-0.15, -0.1) is 0 Å². The van der Waals surface area contributed by atoms with Crippen LogP contribution in [-0.2, 0) is 6.42 Å². The Morgan fingerprint density at radius 1 is 1.15 bits per heavy atom. The third-order valence-electron chi connectivity index (χ3n) is 3.94. The van der Waals surface area contributed by atoms with Crippen molar-refractivity contribution in [2.45, 2.75) is 33.6 Å². The third-order valence-corrected chi connectivity index (χ3v) is 3.94. The lowest BCUT2D eigenvalue weighted by Crippen LogP contribution is -2.00. The van der Waals surface area contributed by atoms with Crippen LogP contribution in [0, 0.1) is 12.8 Å². The molecule has 104 valence electrons. The zero-order valence-electron chi connectivity index (χ0n) is 12.9. The second-order valence-electron chi connectivity index (χ2n) is 5.96. The van der Waals surface area contributed by atoms with Crippen molar-refractivity contribution in [3.05, 3.63) is 76.9 Å². The second-order valence-corrected chi connectivity index (χ2v) is 5.96. The lowest BCUT2D eigenvalue weighted by Gasteiger charge is -2.17. The molecule has 0 aromatic heterocycles. The van der Waals surface area contributed by atoms with Gasteiger partial charge in [-0.1, -0.05) is 74.6 Å². The average Bonchev–Trinajstić information content (AvgIpc) is 2.43. The van der Waals surface area contributed by atoms with E-state index in [-0.39, 0.29) is 0 Å². The Morgan fingerprint density at radius 2 is 1.90 bits per heavy atom. The fraction of sp³-hybridized carbons (Fsp3) is 0.300. The van der Waals surface area contributed by atoms with Crippen LogP contribution in [0.1, 0.15) is 37.0 Å². The summed E-state index contributed by atoms with van der Waals surface area (Å²) in [5, 5.41) is 0. The average molecular weight is 264 g/mol. The summed E-state index contributed by atoms with van der Waals surface area (Å²) in [5.74, 6) is 0.489. The van der Waals surface area contributed by atoms with E-state index in [1.165, 1.54) is 22.3 Å². The molecule has 1 aromatic carbocycles. The van der Waals surface area contributed by atoms with Crippen LogP contribution in [-0.4, -0.2) is 0 Å². The number of aryl methyl sites for hydroxylation is 2. The summed E-state index contributed by atoms with van der Waals surface area (Å²) in [6, 6.07) is 6.69. The molecule has 0 heterocycles. The van der Waals surface area contributed by atoms with Crippen molar-refractivity contribution in [1.82, 2.24) is 0 Å². The molecule has 2 rings (SSSR count). The smallest absolute Gasteiger partial charge is 0.0221 e. The monoisotopic (exact) mass is 264 g/mol. The van der Waals surface area contributed by atoms with E-state index in [1.54, 1.807) is 0 Å². The zero-order valence-corrected chi connectivity index (χ0v) is 12.9. The van der Waals surface area contributed by atoms with E-state index < -0.39 is 0 Å². The van der Waals surface area contributed by atoms with E-state index in [0.29, 0.717) is 5.92 Å². The fourth-order valence-electron chi connectivity index (χ4n) is 2.38. The third kappa shape index (κ3) is 3.39. The van der Waals surface area contributed by atoms with Gasteiger partial charge >= 0.3 is 0 Å². The van der Waals surface area contributed by atoms with Gasteiger partial charge in [-0.05, 0) is 48.0 Å². The second kappa shape index (κ2) is 6.09. The highest BCUT2D eigenvalue weighted by Crippen LogP contribution is 2.29. The first-order valence-corrected chi connectivity index (χ1v) is 7.33. The normalized spacial score (nSPS) is 14.3. The van der Waals surface area contributed by atoms with E-state index in [9.17, 15) is 0 Å². The van der Waals surface area contributed by atoms with E-state index in [0.717, 1.165) is 24.0 Å². The van der Waals surface area contributed by atoms with Gasteiger partial charge in [0.05, 0.1) is 0 Å². The minimum Gasteiger partial charge on any atom is -0.0956 e. The molecular weight excluding hydrogens is 240 g/mol. The first-order chi connectivity index (χ1) is 9.47. The molecule has 0 aliphatic heterocycles. The van der Waals surface area contributed by atoms with Gasteiger partial charge in [0.1, 0.15) is 0 Å². The van der Waals surface area contributed by atoms with Crippen LogP contribution in [0.5, 0.6) is 0 Å². The molecule has 0 saturated carbocycles. The SMILES string of the molecule is C=C(/C=C\C(=C)C(C)C)C1=Cc2ccc(C)cc2CC1. The first kappa shape index (κ1) is 14.6. The number of rotatable bonds is 4. The zero-order chi connectivity index (χ0) is 14.7. The highest BCUT2D eigenvalue weighted by molar-refractivity contribution is 5.65. The topological polar surface area (TPSA) is 0 Å². The van der Waals surface area contributed by atoms with Gasteiger partial charge < -0.3 is 0 Å².